The Labute approximate surface area is 106 Å². The van der Waals surface area contributed by atoms with Crippen LogP contribution >= 0.6 is 11.8 Å². The molecule has 1 saturated heterocycles. The molecule has 1 aromatic rings. The number of thioether (sulfide) groups is 1. The summed E-state index contributed by atoms with van der Waals surface area (Å²) in [6.07, 6.45) is -4.03. The zero-order valence-corrected chi connectivity index (χ0v) is 10.1. The van der Waals surface area contributed by atoms with Crippen molar-refractivity contribution in [2.75, 3.05) is 11.5 Å². The lowest BCUT2D eigenvalue weighted by molar-refractivity contribution is -0.140. The maximum Gasteiger partial charge on any atom is 0.419 e. The molecule has 1 aromatic carbocycles. The smallest absolute Gasteiger partial charge is 0.294 e. The molecule has 0 spiro atoms. The minimum Gasteiger partial charge on any atom is -0.294 e. The van der Waals surface area contributed by atoms with E-state index in [1.165, 1.54) is 0 Å². The normalized spacial score (nSPS) is 20.1. The molecule has 0 amide bonds. The second kappa shape index (κ2) is 4.91. The average Bonchev–Trinajstić information content (AvgIpc) is 2.79. The Morgan fingerprint density at radius 3 is 2.56 bits per heavy atom. The molecule has 0 bridgehead atoms. The van der Waals surface area contributed by atoms with Gasteiger partial charge in [0.25, 0.3) is 0 Å². The second-order valence-corrected chi connectivity index (χ2v) is 5.27. The minimum absolute atomic E-state index is 0.0213. The van der Waals surface area contributed by atoms with E-state index in [1.54, 1.807) is 11.8 Å². The van der Waals surface area contributed by atoms with Gasteiger partial charge in [-0.2, -0.15) is 24.9 Å². The number of rotatable bonds is 2. The Hall–Kier alpha value is -1.04. The van der Waals surface area contributed by atoms with Gasteiger partial charge in [-0.1, -0.05) is 6.07 Å². The van der Waals surface area contributed by atoms with Crippen LogP contribution in [0.1, 0.15) is 22.3 Å². The number of hydrogen-bond donors (Lipinski definition) is 0. The average molecular weight is 278 g/mol. The van der Waals surface area contributed by atoms with Gasteiger partial charge >= 0.3 is 6.18 Å². The Kier molecular flexibility index (Phi) is 3.66. The van der Waals surface area contributed by atoms with Crippen LogP contribution in [0.3, 0.4) is 0 Å². The summed E-state index contributed by atoms with van der Waals surface area (Å²) >= 11 is 1.62. The van der Waals surface area contributed by atoms with Crippen LogP contribution < -0.4 is 0 Å². The number of benzene rings is 1. The van der Waals surface area contributed by atoms with E-state index in [-0.39, 0.29) is 17.3 Å². The molecule has 0 aliphatic carbocycles. The van der Waals surface area contributed by atoms with Crippen molar-refractivity contribution in [3.8, 4) is 0 Å². The van der Waals surface area contributed by atoms with Gasteiger partial charge < -0.3 is 0 Å². The van der Waals surface area contributed by atoms with E-state index in [9.17, 15) is 22.4 Å². The highest BCUT2D eigenvalue weighted by Gasteiger charge is 2.34. The molecular weight excluding hydrogens is 268 g/mol. The maximum atomic E-state index is 13.3. The largest absolute Gasteiger partial charge is 0.419 e. The van der Waals surface area contributed by atoms with Gasteiger partial charge in [-0.15, -0.1) is 0 Å². The van der Waals surface area contributed by atoms with Crippen LogP contribution in [-0.4, -0.2) is 17.3 Å². The fourth-order valence-electron chi connectivity index (χ4n) is 1.88. The van der Waals surface area contributed by atoms with Gasteiger partial charge in [-0.3, -0.25) is 4.79 Å². The van der Waals surface area contributed by atoms with Crippen LogP contribution in [0.2, 0.25) is 0 Å². The van der Waals surface area contributed by atoms with E-state index < -0.39 is 17.6 Å². The third-order valence-corrected chi connectivity index (χ3v) is 4.02. The standard InChI is InChI=1S/C12H10F4OS/c13-10-5-7(1-2-9(10)12(14,15)16)11(17)8-3-4-18-6-8/h1-2,5,8H,3-4,6H2. The molecule has 1 nitrogen and oxygen atoms in total. The van der Waals surface area contributed by atoms with Gasteiger partial charge in [0.2, 0.25) is 0 Å². The highest BCUT2D eigenvalue weighted by atomic mass is 32.2. The number of ketones is 1. The Morgan fingerprint density at radius 1 is 1.33 bits per heavy atom. The molecule has 1 fully saturated rings. The number of Topliss-reactive ketones (excluding diaryl/α,β-unsaturated/α-hetero) is 1. The van der Waals surface area contributed by atoms with E-state index >= 15 is 0 Å². The Balaban J connectivity index is 2.26. The zero-order valence-electron chi connectivity index (χ0n) is 9.26. The highest BCUT2D eigenvalue weighted by Crippen LogP contribution is 2.33. The van der Waals surface area contributed by atoms with Crippen molar-refractivity contribution in [2.45, 2.75) is 12.6 Å². The first-order valence-corrected chi connectivity index (χ1v) is 6.54. The van der Waals surface area contributed by atoms with Crippen molar-refractivity contribution in [1.29, 1.82) is 0 Å². The van der Waals surface area contributed by atoms with Crippen molar-refractivity contribution in [1.82, 2.24) is 0 Å². The number of carbonyl (C=O) groups excluding carboxylic acids is 1. The van der Waals surface area contributed by atoms with Crippen LogP contribution in [0.25, 0.3) is 0 Å². The third-order valence-electron chi connectivity index (χ3n) is 2.86. The lowest BCUT2D eigenvalue weighted by Crippen LogP contribution is -2.15. The summed E-state index contributed by atoms with van der Waals surface area (Å²) in [4.78, 5) is 11.9. The second-order valence-electron chi connectivity index (χ2n) is 4.12. The molecule has 1 aliphatic heterocycles. The third kappa shape index (κ3) is 2.68. The molecule has 1 unspecified atom stereocenters. The van der Waals surface area contributed by atoms with E-state index in [0.717, 1.165) is 11.8 Å². The topological polar surface area (TPSA) is 17.1 Å². The zero-order chi connectivity index (χ0) is 13.3. The van der Waals surface area contributed by atoms with Gasteiger partial charge in [-0.25, -0.2) is 4.39 Å². The highest BCUT2D eigenvalue weighted by molar-refractivity contribution is 7.99. The number of hydrogen-bond acceptors (Lipinski definition) is 2. The molecule has 0 N–H and O–H groups in total. The first-order valence-electron chi connectivity index (χ1n) is 5.38. The quantitative estimate of drug-likeness (QED) is 0.605. The first-order chi connectivity index (χ1) is 8.39. The van der Waals surface area contributed by atoms with E-state index in [2.05, 4.69) is 0 Å². The molecule has 1 atom stereocenters. The summed E-state index contributed by atoms with van der Waals surface area (Å²) in [5.41, 5.74) is -1.31. The Morgan fingerprint density at radius 2 is 2.06 bits per heavy atom. The van der Waals surface area contributed by atoms with Crippen molar-refractivity contribution in [3.05, 3.63) is 35.1 Å². The number of carbonyl (C=O) groups is 1. The molecule has 98 valence electrons. The molecule has 6 heteroatoms. The SMILES string of the molecule is O=C(c1ccc(C(F)(F)F)c(F)c1)C1CCSC1. The molecule has 18 heavy (non-hydrogen) atoms. The van der Waals surface area contributed by atoms with Crippen LogP contribution in [0.5, 0.6) is 0 Å². The molecule has 0 radical (unpaired) electrons. The van der Waals surface area contributed by atoms with Crippen molar-refractivity contribution >= 4 is 17.5 Å². The predicted molar refractivity (Wildman–Crippen MR) is 61.2 cm³/mol. The Bertz CT molecular complexity index is 464. The van der Waals surface area contributed by atoms with Crippen LogP contribution in [0, 0.1) is 11.7 Å². The van der Waals surface area contributed by atoms with Crippen molar-refractivity contribution in [2.24, 2.45) is 5.92 Å². The fraction of sp³-hybridized carbons (Fsp3) is 0.417. The number of halogens is 4. The lowest BCUT2D eigenvalue weighted by Gasteiger charge is -2.11. The summed E-state index contributed by atoms with van der Waals surface area (Å²) in [5, 5.41) is 0. The monoisotopic (exact) mass is 278 g/mol. The van der Waals surface area contributed by atoms with Gasteiger partial charge in [0.15, 0.2) is 5.78 Å². The van der Waals surface area contributed by atoms with Gasteiger partial charge in [0, 0.05) is 17.2 Å². The molecule has 0 saturated carbocycles. The molecule has 0 aromatic heterocycles. The van der Waals surface area contributed by atoms with E-state index in [0.29, 0.717) is 24.3 Å². The molecule has 2 rings (SSSR count). The molecule has 1 aliphatic rings. The van der Waals surface area contributed by atoms with Crippen LogP contribution in [0.4, 0.5) is 17.6 Å². The molecular formula is C12H10F4OS. The fourth-order valence-corrected chi connectivity index (χ4v) is 3.10. The van der Waals surface area contributed by atoms with E-state index in [1.807, 2.05) is 0 Å². The van der Waals surface area contributed by atoms with Gasteiger partial charge in [0.1, 0.15) is 5.82 Å². The summed E-state index contributed by atoms with van der Waals surface area (Å²) < 4.78 is 50.4. The predicted octanol–water partition coefficient (Wildman–Crippen LogP) is 3.78. The van der Waals surface area contributed by atoms with E-state index in [4.69, 9.17) is 0 Å². The van der Waals surface area contributed by atoms with Crippen molar-refractivity contribution in [3.63, 3.8) is 0 Å². The lowest BCUT2D eigenvalue weighted by atomic mass is 9.96. The summed E-state index contributed by atoms with van der Waals surface area (Å²) in [6.45, 7) is 0. The summed E-state index contributed by atoms with van der Waals surface area (Å²) in [6, 6.07) is 2.37. The summed E-state index contributed by atoms with van der Waals surface area (Å²) in [7, 11) is 0. The van der Waals surface area contributed by atoms with Crippen molar-refractivity contribution < 1.29 is 22.4 Å². The number of alkyl halides is 3. The first kappa shape index (κ1) is 13.4. The van der Waals surface area contributed by atoms with Gasteiger partial charge in [0.05, 0.1) is 5.56 Å². The summed E-state index contributed by atoms with van der Waals surface area (Å²) in [5.74, 6) is -0.348. The molecule has 1 heterocycles. The maximum absolute atomic E-state index is 13.3. The van der Waals surface area contributed by atoms with Crippen LogP contribution in [-0.2, 0) is 6.18 Å². The van der Waals surface area contributed by atoms with Gasteiger partial charge in [-0.05, 0) is 24.3 Å². The minimum atomic E-state index is -4.73. The van der Waals surface area contributed by atoms with Crippen LogP contribution in [0.15, 0.2) is 18.2 Å².